The number of nitro groups is 1. The van der Waals surface area contributed by atoms with Crippen LogP contribution in [-0.2, 0) is 11.2 Å². The number of hydrogen-bond acceptors (Lipinski definition) is 6. The number of aliphatic imine (C=N–C) groups is 1. The van der Waals surface area contributed by atoms with Crippen LogP contribution in [-0.4, -0.2) is 26.7 Å². The number of halogens is 1. The molecule has 9 heteroatoms. The van der Waals surface area contributed by atoms with Crippen LogP contribution in [0.4, 0.5) is 11.7 Å². The predicted molar refractivity (Wildman–Crippen MR) is 103 cm³/mol. The van der Waals surface area contributed by atoms with Crippen LogP contribution in [0.5, 0.6) is 0 Å². The van der Waals surface area contributed by atoms with Gasteiger partial charge < -0.3 is 9.52 Å². The van der Waals surface area contributed by atoms with Gasteiger partial charge in [0.1, 0.15) is 17.7 Å². The molecule has 28 heavy (non-hydrogen) atoms. The van der Waals surface area contributed by atoms with E-state index in [2.05, 4.69) is 9.98 Å². The van der Waals surface area contributed by atoms with E-state index in [9.17, 15) is 20.0 Å². The molecule has 3 rings (SSSR count). The number of oxazole rings is 1. The molecule has 0 aliphatic rings. The lowest BCUT2D eigenvalue weighted by atomic mass is 10.1. The molecular weight excluding hydrogens is 386 g/mol. The quantitative estimate of drug-likeness (QED) is 0.367. The van der Waals surface area contributed by atoms with Crippen molar-refractivity contribution in [3.8, 4) is 11.3 Å². The number of aliphatic carboxylic acids is 1. The fourth-order valence-corrected chi connectivity index (χ4v) is 2.63. The lowest BCUT2D eigenvalue weighted by Crippen LogP contribution is -2.15. The third kappa shape index (κ3) is 4.41. The highest BCUT2D eigenvalue weighted by atomic mass is 35.5. The summed E-state index contributed by atoms with van der Waals surface area (Å²) in [6, 6.07) is 10.9. The second-order valence-corrected chi connectivity index (χ2v) is 6.35. The van der Waals surface area contributed by atoms with Crippen molar-refractivity contribution in [1.29, 1.82) is 0 Å². The molecule has 1 N–H and O–H groups in total. The number of carboxylic acid groups (broad SMARTS) is 1. The van der Waals surface area contributed by atoms with E-state index >= 15 is 0 Å². The molecule has 8 nitrogen and oxygen atoms in total. The molecule has 0 aliphatic carbocycles. The molecule has 0 bridgehead atoms. The number of hydrogen-bond donors (Lipinski definition) is 1. The summed E-state index contributed by atoms with van der Waals surface area (Å²) in [4.78, 5) is 30.0. The van der Waals surface area contributed by atoms with Crippen molar-refractivity contribution in [1.82, 2.24) is 4.98 Å². The van der Waals surface area contributed by atoms with Gasteiger partial charge in [-0.25, -0.2) is 4.79 Å². The van der Waals surface area contributed by atoms with Gasteiger partial charge in [-0.3, -0.25) is 10.1 Å². The molecule has 0 unspecified atom stereocenters. The van der Waals surface area contributed by atoms with E-state index in [4.69, 9.17) is 16.0 Å². The van der Waals surface area contributed by atoms with Crippen molar-refractivity contribution in [3.05, 3.63) is 75.0 Å². The highest BCUT2D eigenvalue weighted by molar-refractivity contribution is 6.36. The van der Waals surface area contributed by atoms with Gasteiger partial charge in [0.15, 0.2) is 0 Å². The van der Waals surface area contributed by atoms with Gasteiger partial charge in [0.05, 0.1) is 4.92 Å². The van der Waals surface area contributed by atoms with Crippen molar-refractivity contribution in [2.75, 3.05) is 0 Å². The highest BCUT2D eigenvalue weighted by Gasteiger charge is 2.15. The van der Waals surface area contributed by atoms with Gasteiger partial charge in [-0.15, -0.1) is 0 Å². The van der Waals surface area contributed by atoms with Crippen LogP contribution in [0.3, 0.4) is 0 Å². The minimum atomic E-state index is -1.27. The maximum Gasteiger partial charge on any atom is 0.350 e. The number of rotatable bonds is 6. The standard InChI is InChI=1S/C19H14ClN3O5/c1-11-5-6-13(9-15(11)20)17-10-28-19(22-17)21-16(18(24)25)8-12-3-2-4-14(7-12)23(26)27/h2-7,9-10H,8H2,1H3,(H,24,25). The Balaban J connectivity index is 1.88. The first-order chi connectivity index (χ1) is 13.3. The van der Waals surface area contributed by atoms with Crippen molar-refractivity contribution in [2.45, 2.75) is 13.3 Å². The molecule has 0 amide bonds. The van der Waals surface area contributed by atoms with Crippen LogP contribution in [0.15, 0.2) is 58.1 Å². The molecule has 0 radical (unpaired) electrons. The summed E-state index contributed by atoms with van der Waals surface area (Å²) < 4.78 is 5.26. The van der Waals surface area contributed by atoms with Gasteiger partial charge in [-0.2, -0.15) is 9.98 Å². The average molecular weight is 400 g/mol. The Kier molecular flexibility index (Phi) is 5.51. The molecule has 0 spiro atoms. The summed E-state index contributed by atoms with van der Waals surface area (Å²) in [5.41, 5.74) is 2.13. The van der Waals surface area contributed by atoms with Crippen molar-refractivity contribution >= 4 is 35.0 Å². The van der Waals surface area contributed by atoms with E-state index in [0.717, 1.165) is 5.56 Å². The van der Waals surface area contributed by atoms with Gasteiger partial charge in [0.2, 0.25) is 0 Å². The minimum absolute atomic E-state index is 0.120. The Labute approximate surface area is 164 Å². The number of carboxylic acids is 1. The van der Waals surface area contributed by atoms with E-state index in [0.29, 0.717) is 21.8 Å². The molecule has 0 saturated carbocycles. The second-order valence-electron chi connectivity index (χ2n) is 5.95. The van der Waals surface area contributed by atoms with Crippen LogP contribution in [0.25, 0.3) is 11.3 Å². The molecule has 3 aromatic rings. The third-order valence-corrected chi connectivity index (χ3v) is 4.34. The van der Waals surface area contributed by atoms with Crippen LogP contribution < -0.4 is 0 Å². The van der Waals surface area contributed by atoms with Gasteiger partial charge in [0, 0.05) is 29.1 Å². The number of carbonyl (C=O) groups is 1. The fourth-order valence-electron chi connectivity index (χ4n) is 2.45. The number of nitrogens with zero attached hydrogens (tertiary/aromatic N) is 3. The van der Waals surface area contributed by atoms with E-state index in [1.54, 1.807) is 12.1 Å². The van der Waals surface area contributed by atoms with E-state index < -0.39 is 10.9 Å². The molecule has 1 heterocycles. The average Bonchev–Trinajstić information content (AvgIpc) is 3.12. The SMILES string of the molecule is Cc1ccc(-c2coc(N=C(Cc3cccc([N+](=O)[O-])c3)C(=O)O)n2)cc1Cl. The Bertz CT molecular complexity index is 1090. The maximum absolute atomic E-state index is 11.5. The maximum atomic E-state index is 11.5. The van der Waals surface area contributed by atoms with Gasteiger partial charge in [0.25, 0.3) is 5.69 Å². The van der Waals surface area contributed by atoms with Crippen LogP contribution in [0.1, 0.15) is 11.1 Å². The topological polar surface area (TPSA) is 119 Å². The number of nitro benzene ring substituents is 1. The third-order valence-electron chi connectivity index (χ3n) is 3.93. The van der Waals surface area contributed by atoms with Gasteiger partial charge in [-0.05, 0) is 24.1 Å². The van der Waals surface area contributed by atoms with Crippen molar-refractivity contribution in [2.24, 2.45) is 4.99 Å². The largest absolute Gasteiger partial charge is 0.477 e. The Morgan fingerprint density at radius 2 is 2.11 bits per heavy atom. The molecule has 2 aromatic carbocycles. The summed E-state index contributed by atoms with van der Waals surface area (Å²) in [7, 11) is 0. The van der Waals surface area contributed by atoms with Crippen LogP contribution in [0.2, 0.25) is 5.02 Å². The first-order valence-electron chi connectivity index (χ1n) is 8.09. The zero-order valence-electron chi connectivity index (χ0n) is 14.6. The molecule has 142 valence electrons. The zero-order chi connectivity index (χ0) is 20.3. The second kappa shape index (κ2) is 8.01. The Morgan fingerprint density at radius 3 is 2.79 bits per heavy atom. The number of benzene rings is 2. The summed E-state index contributed by atoms with van der Waals surface area (Å²) in [5, 5.41) is 20.9. The molecule has 1 aromatic heterocycles. The Hall–Kier alpha value is -3.52. The minimum Gasteiger partial charge on any atom is -0.477 e. The summed E-state index contributed by atoms with van der Waals surface area (Å²) in [6.45, 7) is 1.87. The molecule has 0 atom stereocenters. The summed E-state index contributed by atoms with van der Waals surface area (Å²) >= 11 is 6.11. The fraction of sp³-hybridized carbons (Fsp3) is 0.105. The summed E-state index contributed by atoms with van der Waals surface area (Å²) in [6.07, 6.45) is 1.23. The van der Waals surface area contributed by atoms with Crippen LogP contribution >= 0.6 is 11.6 Å². The van der Waals surface area contributed by atoms with E-state index in [1.165, 1.54) is 24.5 Å². The number of aryl methyl sites for hydroxylation is 1. The first kappa shape index (κ1) is 19.2. The molecule has 0 aliphatic heterocycles. The van der Waals surface area contributed by atoms with Crippen molar-refractivity contribution < 1.29 is 19.2 Å². The monoisotopic (exact) mass is 399 g/mol. The van der Waals surface area contributed by atoms with Gasteiger partial charge >= 0.3 is 12.0 Å². The zero-order valence-corrected chi connectivity index (χ0v) is 15.4. The molecule has 0 fully saturated rings. The predicted octanol–water partition coefficient (Wildman–Crippen LogP) is 4.61. The Morgan fingerprint density at radius 1 is 1.32 bits per heavy atom. The van der Waals surface area contributed by atoms with Crippen molar-refractivity contribution in [3.63, 3.8) is 0 Å². The summed E-state index contributed by atoms with van der Waals surface area (Å²) in [5.74, 6) is -1.27. The lowest BCUT2D eigenvalue weighted by molar-refractivity contribution is -0.384. The van der Waals surface area contributed by atoms with Gasteiger partial charge in [-0.1, -0.05) is 35.9 Å². The first-order valence-corrected chi connectivity index (χ1v) is 8.47. The van der Waals surface area contributed by atoms with E-state index in [1.807, 2.05) is 19.1 Å². The number of aromatic nitrogens is 1. The van der Waals surface area contributed by atoms with E-state index in [-0.39, 0.29) is 23.8 Å². The lowest BCUT2D eigenvalue weighted by Gasteiger charge is -2.01. The normalized spacial score (nSPS) is 11.4. The number of non-ortho nitro benzene ring substituents is 1. The smallest absolute Gasteiger partial charge is 0.350 e. The highest BCUT2D eigenvalue weighted by Crippen LogP contribution is 2.27. The van der Waals surface area contributed by atoms with Crippen LogP contribution in [0, 0.1) is 17.0 Å². The molecular formula is C19H14ClN3O5. The molecule has 0 saturated heterocycles.